The molecule has 4 rings (SSSR count). The number of aliphatic hydroxyl groups is 1. The van der Waals surface area contributed by atoms with Gasteiger partial charge in [0.05, 0.1) is 40.2 Å². The molecule has 0 bridgehead atoms. The number of nitriles is 1. The van der Waals surface area contributed by atoms with Crippen molar-refractivity contribution in [3.63, 3.8) is 0 Å². The van der Waals surface area contributed by atoms with Gasteiger partial charge in [0, 0.05) is 18.0 Å². The summed E-state index contributed by atoms with van der Waals surface area (Å²) in [6.45, 7) is 1.75. The van der Waals surface area contributed by atoms with Gasteiger partial charge in [-0.25, -0.2) is 9.97 Å². The number of halogens is 2. The molecule has 3 aromatic rings. The van der Waals surface area contributed by atoms with E-state index < -0.39 is 0 Å². The Morgan fingerprint density at radius 3 is 2.56 bits per heavy atom. The molecule has 0 radical (unpaired) electrons. The van der Waals surface area contributed by atoms with Gasteiger partial charge in [-0.15, -0.1) is 0 Å². The Bertz CT molecular complexity index is 1240. The predicted octanol–water partition coefficient (Wildman–Crippen LogP) is 3.76. The van der Waals surface area contributed by atoms with Gasteiger partial charge in [-0.05, 0) is 44.7 Å². The molecule has 12 heteroatoms. The molecule has 1 aliphatic rings. The van der Waals surface area contributed by atoms with Crippen molar-refractivity contribution in [1.29, 1.82) is 5.26 Å². The van der Waals surface area contributed by atoms with Crippen LogP contribution in [0.2, 0.25) is 10.0 Å². The molecule has 1 aliphatic carbocycles. The highest BCUT2D eigenvalue weighted by molar-refractivity contribution is 6.39. The minimum atomic E-state index is -0.282. The number of anilines is 3. The molecule has 1 saturated carbocycles. The summed E-state index contributed by atoms with van der Waals surface area (Å²) >= 11 is 12.8. The standard InChI is InChI=1S/C22H24Cl2N8O2/c1-11(10-33)28-21-27-9-17-20(31-21)32(14-4-2-13(3-5-14)19(26)34)22(29-17)30-18-15(23)6-12(8-25)7-16(18)24/h6-7,9,11,13-14,33H,2-5,10H2,1H3,(H2,26,34)(H,29,30)(H,27,28,31)/t11-,13-,14+/m0/s1. The van der Waals surface area contributed by atoms with Gasteiger partial charge < -0.3 is 21.5 Å². The predicted molar refractivity (Wildman–Crippen MR) is 130 cm³/mol. The molecule has 1 amide bonds. The first kappa shape index (κ1) is 24.0. The zero-order valence-corrected chi connectivity index (χ0v) is 19.9. The van der Waals surface area contributed by atoms with Gasteiger partial charge in [-0.1, -0.05) is 23.2 Å². The topological polar surface area (TPSA) is 155 Å². The zero-order valence-electron chi connectivity index (χ0n) is 18.4. The number of rotatable bonds is 7. The van der Waals surface area contributed by atoms with Crippen molar-refractivity contribution in [3.8, 4) is 6.07 Å². The number of amides is 1. The maximum atomic E-state index is 11.7. The Morgan fingerprint density at radius 1 is 1.29 bits per heavy atom. The number of benzene rings is 1. The number of hydrogen-bond acceptors (Lipinski definition) is 8. The number of fused-ring (bicyclic) bond motifs is 1. The first-order valence-corrected chi connectivity index (χ1v) is 11.6. The SMILES string of the molecule is C[C@@H](CO)Nc1ncc2nc(Nc3c(Cl)cc(C#N)cc3Cl)n([C@H]3CC[C@@H](C(N)=O)CC3)c2n1. The first-order chi connectivity index (χ1) is 16.3. The minimum Gasteiger partial charge on any atom is -0.394 e. The van der Waals surface area contributed by atoms with Crippen molar-refractivity contribution in [3.05, 3.63) is 33.9 Å². The summed E-state index contributed by atoms with van der Waals surface area (Å²) in [5, 5.41) is 25.4. The van der Waals surface area contributed by atoms with Crippen molar-refractivity contribution >= 4 is 57.9 Å². The number of aliphatic hydroxyl groups excluding tert-OH is 1. The zero-order chi connectivity index (χ0) is 24.4. The number of hydrogen-bond donors (Lipinski definition) is 4. The van der Waals surface area contributed by atoms with Gasteiger partial charge in [0.1, 0.15) is 5.52 Å². The minimum absolute atomic E-state index is 0.00273. The molecule has 2 aromatic heterocycles. The summed E-state index contributed by atoms with van der Waals surface area (Å²) in [4.78, 5) is 25.3. The highest BCUT2D eigenvalue weighted by Gasteiger charge is 2.29. The molecule has 2 heterocycles. The lowest BCUT2D eigenvalue weighted by molar-refractivity contribution is -0.122. The normalized spacial score (nSPS) is 18.9. The van der Waals surface area contributed by atoms with Gasteiger partial charge >= 0.3 is 0 Å². The third kappa shape index (κ3) is 4.87. The molecule has 0 unspecified atom stereocenters. The van der Waals surface area contributed by atoms with E-state index in [9.17, 15) is 9.90 Å². The molecule has 0 spiro atoms. The van der Waals surface area contributed by atoms with Crippen LogP contribution >= 0.6 is 23.2 Å². The summed E-state index contributed by atoms with van der Waals surface area (Å²) in [5.74, 6) is 0.395. The second-order valence-electron chi connectivity index (χ2n) is 8.40. The van der Waals surface area contributed by atoms with Crippen molar-refractivity contribution < 1.29 is 9.90 Å². The Labute approximate surface area is 206 Å². The average Bonchev–Trinajstić information content (AvgIpc) is 3.18. The third-order valence-electron chi connectivity index (χ3n) is 5.95. The Hall–Kier alpha value is -3.13. The number of nitrogens with one attached hydrogen (secondary N) is 2. The van der Waals surface area contributed by atoms with Crippen LogP contribution in [0.1, 0.15) is 44.2 Å². The van der Waals surface area contributed by atoms with Crippen molar-refractivity contribution in [2.45, 2.75) is 44.7 Å². The first-order valence-electron chi connectivity index (χ1n) is 10.9. The number of primary amides is 1. The smallest absolute Gasteiger partial charge is 0.225 e. The number of carbonyl (C=O) groups excluding carboxylic acids is 1. The highest BCUT2D eigenvalue weighted by atomic mass is 35.5. The fraction of sp³-hybridized carbons (Fsp3) is 0.409. The van der Waals surface area contributed by atoms with Crippen LogP contribution in [0.3, 0.4) is 0 Å². The van der Waals surface area contributed by atoms with Crippen molar-refractivity contribution in [2.24, 2.45) is 11.7 Å². The Morgan fingerprint density at radius 2 is 1.97 bits per heavy atom. The molecule has 34 heavy (non-hydrogen) atoms. The second-order valence-corrected chi connectivity index (χ2v) is 9.21. The van der Waals surface area contributed by atoms with E-state index in [0.29, 0.717) is 60.0 Å². The molecule has 1 fully saturated rings. The molecular formula is C22H24Cl2N8O2. The number of nitrogens with zero attached hydrogens (tertiary/aromatic N) is 5. The van der Waals surface area contributed by atoms with Crippen molar-refractivity contribution in [2.75, 3.05) is 17.2 Å². The van der Waals surface area contributed by atoms with Gasteiger partial charge in [0.2, 0.25) is 17.8 Å². The van der Waals surface area contributed by atoms with Crippen LogP contribution in [-0.2, 0) is 4.79 Å². The summed E-state index contributed by atoms with van der Waals surface area (Å²) in [7, 11) is 0. The lowest BCUT2D eigenvalue weighted by Gasteiger charge is -2.29. The van der Waals surface area contributed by atoms with E-state index in [2.05, 4.69) is 25.6 Å². The van der Waals surface area contributed by atoms with Gasteiger partial charge in [0.25, 0.3) is 0 Å². The van der Waals surface area contributed by atoms with Gasteiger partial charge in [0.15, 0.2) is 5.65 Å². The van der Waals surface area contributed by atoms with Crippen molar-refractivity contribution in [1.82, 2.24) is 19.5 Å². The summed E-state index contributed by atoms with van der Waals surface area (Å²) in [5.41, 5.74) is 7.43. The summed E-state index contributed by atoms with van der Waals surface area (Å²) in [6.07, 6.45) is 4.35. The largest absolute Gasteiger partial charge is 0.394 e. The van der Waals surface area contributed by atoms with Crippen LogP contribution in [0.5, 0.6) is 0 Å². The molecule has 1 aromatic carbocycles. The second kappa shape index (κ2) is 10.0. The molecule has 10 nitrogen and oxygen atoms in total. The molecule has 178 valence electrons. The average molecular weight is 503 g/mol. The molecule has 0 aliphatic heterocycles. The van der Waals surface area contributed by atoms with E-state index in [4.69, 9.17) is 34.2 Å². The van der Waals surface area contributed by atoms with E-state index in [0.717, 1.165) is 0 Å². The van der Waals surface area contributed by atoms with Crippen LogP contribution in [-0.4, -0.2) is 43.2 Å². The third-order valence-corrected chi connectivity index (χ3v) is 6.55. The van der Waals surface area contributed by atoms with Gasteiger partial charge in [-0.2, -0.15) is 10.2 Å². The number of aromatic nitrogens is 4. The number of nitrogens with two attached hydrogens (primary N) is 1. The fourth-order valence-electron chi connectivity index (χ4n) is 4.15. The maximum Gasteiger partial charge on any atom is 0.225 e. The molecular weight excluding hydrogens is 479 g/mol. The van der Waals surface area contributed by atoms with Gasteiger partial charge in [-0.3, -0.25) is 9.36 Å². The van der Waals surface area contributed by atoms with Crippen LogP contribution in [0, 0.1) is 17.2 Å². The monoisotopic (exact) mass is 502 g/mol. The fourth-order valence-corrected chi connectivity index (χ4v) is 4.73. The summed E-state index contributed by atoms with van der Waals surface area (Å²) in [6, 6.07) is 4.85. The highest BCUT2D eigenvalue weighted by Crippen LogP contribution is 2.39. The number of imidazole rings is 1. The van der Waals surface area contributed by atoms with E-state index in [1.807, 2.05) is 17.6 Å². The quantitative estimate of drug-likeness (QED) is 0.380. The van der Waals surface area contributed by atoms with E-state index in [-0.39, 0.29) is 40.6 Å². The van der Waals surface area contributed by atoms with Crippen LogP contribution in [0.25, 0.3) is 11.2 Å². The van der Waals surface area contributed by atoms with Crippen LogP contribution in [0.4, 0.5) is 17.6 Å². The van der Waals surface area contributed by atoms with E-state index in [1.54, 1.807) is 6.20 Å². The number of carbonyl (C=O) groups is 1. The lowest BCUT2D eigenvalue weighted by Crippen LogP contribution is -2.29. The molecule has 1 atom stereocenters. The van der Waals surface area contributed by atoms with E-state index >= 15 is 0 Å². The lowest BCUT2D eigenvalue weighted by atomic mass is 9.85. The molecule has 0 saturated heterocycles. The maximum absolute atomic E-state index is 11.7. The summed E-state index contributed by atoms with van der Waals surface area (Å²) < 4.78 is 1.97. The van der Waals surface area contributed by atoms with Crippen LogP contribution in [0.15, 0.2) is 18.3 Å². The van der Waals surface area contributed by atoms with Crippen LogP contribution < -0.4 is 16.4 Å². The Kier molecular flexibility index (Phi) is 7.07. The Balaban J connectivity index is 1.77. The van der Waals surface area contributed by atoms with E-state index in [1.165, 1.54) is 12.1 Å². The molecule has 5 N–H and O–H groups in total.